The number of halogens is 1. The monoisotopic (exact) mass is 413 g/mol. The van der Waals surface area contributed by atoms with Gasteiger partial charge in [0.15, 0.2) is 0 Å². The summed E-state index contributed by atoms with van der Waals surface area (Å²) < 4.78 is 6.69. The van der Waals surface area contributed by atoms with Crippen molar-refractivity contribution >= 4 is 12.4 Å². The molecular weight excluding hydrogens is 378 g/mol. The van der Waals surface area contributed by atoms with Crippen LogP contribution in [-0.2, 0) is 4.74 Å². The summed E-state index contributed by atoms with van der Waals surface area (Å²) in [6.07, 6.45) is 12.4. The van der Waals surface area contributed by atoms with Gasteiger partial charge in [-0.3, -0.25) is 0 Å². The van der Waals surface area contributed by atoms with Crippen LogP contribution < -0.4 is 0 Å². The van der Waals surface area contributed by atoms with E-state index >= 15 is 0 Å². The summed E-state index contributed by atoms with van der Waals surface area (Å²) in [6.45, 7) is 3.70. The summed E-state index contributed by atoms with van der Waals surface area (Å²) in [5, 5.41) is 0. The van der Waals surface area contributed by atoms with Gasteiger partial charge in [-0.2, -0.15) is 0 Å². The van der Waals surface area contributed by atoms with E-state index in [1.165, 1.54) is 81.1 Å². The molecule has 0 N–H and O–H groups in total. The Balaban J connectivity index is 0.00000240. The molecule has 2 aromatic carbocycles. The van der Waals surface area contributed by atoms with Gasteiger partial charge in [-0.1, -0.05) is 80.3 Å². The summed E-state index contributed by atoms with van der Waals surface area (Å²) in [4.78, 5) is 2.64. The fourth-order valence-corrected chi connectivity index (χ4v) is 4.75. The van der Waals surface area contributed by atoms with E-state index < -0.39 is 0 Å². The van der Waals surface area contributed by atoms with Gasteiger partial charge in [0.05, 0.1) is 12.2 Å². The Kier molecular flexibility index (Phi) is 9.04. The van der Waals surface area contributed by atoms with Gasteiger partial charge < -0.3 is 9.64 Å². The number of ether oxygens (including phenoxy) is 1. The molecule has 1 heterocycles. The molecule has 0 aromatic heterocycles. The van der Waals surface area contributed by atoms with Crippen molar-refractivity contribution in [2.45, 2.75) is 70.0 Å². The normalized spacial score (nSPS) is 19.4. The van der Waals surface area contributed by atoms with Gasteiger partial charge in [0.25, 0.3) is 0 Å². The van der Waals surface area contributed by atoms with E-state index in [1.54, 1.807) is 0 Å². The Morgan fingerprint density at radius 1 is 0.759 bits per heavy atom. The highest BCUT2D eigenvalue weighted by Gasteiger charge is 2.22. The molecule has 2 aliphatic rings. The van der Waals surface area contributed by atoms with Crippen molar-refractivity contribution in [1.29, 1.82) is 0 Å². The number of benzene rings is 2. The highest BCUT2D eigenvalue weighted by Crippen LogP contribution is 2.31. The molecule has 0 bridgehead atoms. The van der Waals surface area contributed by atoms with Gasteiger partial charge >= 0.3 is 0 Å². The summed E-state index contributed by atoms with van der Waals surface area (Å²) in [5.74, 6) is 0. The van der Waals surface area contributed by atoms with Crippen molar-refractivity contribution in [2.24, 2.45) is 0 Å². The molecule has 0 spiro atoms. The van der Waals surface area contributed by atoms with E-state index in [0.29, 0.717) is 6.10 Å². The third-order valence-electron chi connectivity index (χ3n) is 6.45. The maximum absolute atomic E-state index is 6.69. The van der Waals surface area contributed by atoms with Gasteiger partial charge in [-0.05, 0) is 61.9 Å². The second-order valence-corrected chi connectivity index (χ2v) is 8.56. The van der Waals surface area contributed by atoms with Gasteiger partial charge in [0, 0.05) is 6.54 Å². The average Bonchev–Trinajstić information content (AvgIpc) is 2.79. The van der Waals surface area contributed by atoms with E-state index in [0.717, 1.165) is 13.0 Å². The Labute approximate surface area is 183 Å². The van der Waals surface area contributed by atoms with E-state index in [2.05, 4.69) is 59.5 Å². The van der Waals surface area contributed by atoms with Gasteiger partial charge in [-0.25, -0.2) is 0 Å². The Morgan fingerprint density at radius 2 is 1.38 bits per heavy atom. The highest BCUT2D eigenvalue weighted by atomic mass is 35.5. The first-order valence-electron chi connectivity index (χ1n) is 11.4. The molecule has 2 aromatic rings. The maximum Gasteiger partial charge on any atom is 0.0840 e. The topological polar surface area (TPSA) is 12.5 Å². The Hall–Kier alpha value is -1.35. The fraction of sp³-hybridized carbons (Fsp3) is 0.538. The molecular formula is C26H36ClNO. The van der Waals surface area contributed by atoms with Crippen LogP contribution in [0, 0.1) is 0 Å². The number of hydrogen-bond donors (Lipinski definition) is 0. The first-order valence-corrected chi connectivity index (χ1v) is 11.4. The van der Waals surface area contributed by atoms with Crippen molar-refractivity contribution in [3.05, 3.63) is 60.2 Å². The van der Waals surface area contributed by atoms with Crippen LogP contribution in [0.15, 0.2) is 54.6 Å². The zero-order valence-electron chi connectivity index (χ0n) is 17.6. The standard InChI is InChI=1S/C26H35NO.ClH/c1-4-10-22(11-5-1)23-14-16-24(17-15-23)26(28-25-12-6-2-7-13-25)18-21-27-19-8-3-9-20-27;/h1,4-5,10-11,14-17,25-26H,2-3,6-9,12-13,18-21H2;1H. The lowest BCUT2D eigenvalue weighted by Crippen LogP contribution is -2.32. The zero-order chi connectivity index (χ0) is 19.0. The predicted molar refractivity (Wildman–Crippen MR) is 125 cm³/mol. The summed E-state index contributed by atoms with van der Waals surface area (Å²) in [7, 11) is 0. The SMILES string of the molecule is Cl.c1ccc(-c2ccc(C(CCN3CCCCC3)OC3CCCCC3)cc2)cc1. The van der Waals surface area contributed by atoms with E-state index in [-0.39, 0.29) is 18.5 Å². The van der Waals surface area contributed by atoms with Crippen LogP contribution in [0.2, 0.25) is 0 Å². The van der Waals surface area contributed by atoms with Crippen LogP contribution in [-0.4, -0.2) is 30.6 Å². The minimum Gasteiger partial charge on any atom is -0.370 e. The number of hydrogen-bond acceptors (Lipinski definition) is 2. The molecule has 3 heteroatoms. The van der Waals surface area contributed by atoms with E-state index in [1.807, 2.05) is 0 Å². The molecule has 0 amide bonds. The second-order valence-electron chi connectivity index (χ2n) is 8.56. The highest BCUT2D eigenvalue weighted by molar-refractivity contribution is 5.85. The zero-order valence-corrected chi connectivity index (χ0v) is 18.4. The molecule has 1 aliphatic heterocycles. The number of nitrogens with zero attached hydrogens (tertiary/aromatic N) is 1. The van der Waals surface area contributed by atoms with Crippen molar-refractivity contribution < 1.29 is 4.74 Å². The number of likely N-dealkylation sites (tertiary alicyclic amines) is 1. The molecule has 158 valence electrons. The van der Waals surface area contributed by atoms with Crippen molar-refractivity contribution in [2.75, 3.05) is 19.6 Å². The lowest BCUT2D eigenvalue weighted by Gasteiger charge is -2.31. The fourth-order valence-electron chi connectivity index (χ4n) is 4.75. The van der Waals surface area contributed by atoms with Crippen LogP contribution >= 0.6 is 12.4 Å². The van der Waals surface area contributed by atoms with Crippen LogP contribution in [0.25, 0.3) is 11.1 Å². The first kappa shape index (κ1) is 22.3. The van der Waals surface area contributed by atoms with Crippen molar-refractivity contribution in [3.63, 3.8) is 0 Å². The minimum atomic E-state index is 0. The lowest BCUT2D eigenvalue weighted by molar-refractivity contribution is -0.0391. The number of rotatable bonds is 7. The smallest absolute Gasteiger partial charge is 0.0840 e. The summed E-state index contributed by atoms with van der Waals surface area (Å²) >= 11 is 0. The third-order valence-corrected chi connectivity index (χ3v) is 6.45. The molecule has 1 unspecified atom stereocenters. The molecule has 2 nitrogen and oxygen atoms in total. The van der Waals surface area contributed by atoms with Crippen molar-refractivity contribution in [1.82, 2.24) is 4.90 Å². The average molecular weight is 414 g/mol. The minimum absolute atomic E-state index is 0. The Morgan fingerprint density at radius 3 is 2.07 bits per heavy atom. The molecule has 1 saturated heterocycles. The molecule has 1 saturated carbocycles. The summed E-state index contributed by atoms with van der Waals surface area (Å²) in [6, 6.07) is 19.8. The molecule has 4 rings (SSSR count). The number of piperidine rings is 1. The molecule has 2 fully saturated rings. The molecule has 1 atom stereocenters. The Bertz CT molecular complexity index is 690. The van der Waals surface area contributed by atoms with E-state index in [9.17, 15) is 0 Å². The first-order chi connectivity index (χ1) is 13.9. The van der Waals surface area contributed by atoms with Crippen LogP contribution in [0.1, 0.15) is 69.5 Å². The summed E-state index contributed by atoms with van der Waals surface area (Å²) in [5.41, 5.74) is 3.92. The third kappa shape index (κ3) is 6.57. The van der Waals surface area contributed by atoms with E-state index in [4.69, 9.17) is 4.74 Å². The molecule has 0 radical (unpaired) electrons. The second kappa shape index (κ2) is 11.7. The molecule has 29 heavy (non-hydrogen) atoms. The van der Waals surface area contributed by atoms with Gasteiger partial charge in [0.1, 0.15) is 0 Å². The van der Waals surface area contributed by atoms with Crippen LogP contribution in [0.5, 0.6) is 0 Å². The lowest BCUT2D eigenvalue weighted by atomic mass is 9.96. The quantitative estimate of drug-likeness (QED) is 0.482. The predicted octanol–water partition coefficient (Wildman–Crippen LogP) is 7.04. The van der Waals surface area contributed by atoms with Crippen molar-refractivity contribution in [3.8, 4) is 11.1 Å². The van der Waals surface area contributed by atoms with Crippen LogP contribution in [0.4, 0.5) is 0 Å². The largest absolute Gasteiger partial charge is 0.370 e. The maximum atomic E-state index is 6.69. The van der Waals surface area contributed by atoms with Gasteiger partial charge in [-0.15, -0.1) is 12.4 Å². The van der Waals surface area contributed by atoms with Gasteiger partial charge in [0.2, 0.25) is 0 Å². The van der Waals surface area contributed by atoms with Crippen LogP contribution in [0.3, 0.4) is 0 Å². The molecule has 1 aliphatic carbocycles.